The summed E-state index contributed by atoms with van der Waals surface area (Å²) in [4.78, 5) is 16.3. The van der Waals surface area contributed by atoms with Crippen molar-refractivity contribution in [1.82, 2.24) is 19.7 Å². The highest BCUT2D eigenvalue weighted by atomic mass is 35.5. The van der Waals surface area contributed by atoms with Crippen molar-refractivity contribution in [2.45, 2.75) is 11.1 Å². The van der Waals surface area contributed by atoms with Crippen LogP contribution in [0.4, 0.5) is 8.78 Å². The first-order valence-electron chi connectivity index (χ1n) is 10.7. The minimum absolute atomic E-state index is 0.0647. The molecule has 0 saturated carbocycles. The highest BCUT2D eigenvalue weighted by Crippen LogP contribution is 2.31. The molecule has 14 heteroatoms. The third-order valence-electron chi connectivity index (χ3n) is 5.21. The van der Waals surface area contributed by atoms with E-state index in [1.807, 2.05) is 0 Å². The number of halogens is 3. The molecule has 3 N–H and O–H groups in total. The standard InChI is InChI=1S/C23H23ClF2N4O6S/c1-29(23(32)15-6-8-27-9-7-15)10-11-30(14-21(31)28-33)37(34,35)18-12-19(25)22(20(26)13-18)36-17-4-2-16(24)3-5-17/h2-9,12-13,23,32-33H,10-11,14H2,1H3,(H,28,31). The SMILES string of the molecule is CN(CCN(CC(=O)NO)S(=O)(=O)c1cc(F)c(Oc2ccc(Cl)cc2)c(F)c1)C(O)c1ccncc1. The van der Waals surface area contributed by atoms with Crippen LogP contribution in [-0.2, 0) is 14.8 Å². The fraction of sp³-hybridized carbons (Fsp3) is 0.217. The number of carbonyl (C=O) groups is 1. The van der Waals surface area contributed by atoms with E-state index in [4.69, 9.17) is 21.5 Å². The lowest BCUT2D eigenvalue weighted by atomic mass is 10.2. The van der Waals surface area contributed by atoms with E-state index in [0.29, 0.717) is 27.0 Å². The fourth-order valence-corrected chi connectivity index (χ4v) is 4.75. The molecule has 0 radical (unpaired) electrons. The predicted octanol–water partition coefficient (Wildman–Crippen LogP) is 2.92. The van der Waals surface area contributed by atoms with Crippen LogP contribution in [0.2, 0.25) is 5.02 Å². The van der Waals surface area contributed by atoms with Crippen LogP contribution >= 0.6 is 11.6 Å². The number of carbonyl (C=O) groups excluding carboxylic acids is 1. The Morgan fingerprint density at radius 1 is 1.11 bits per heavy atom. The molecule has 198 valence electrons. The van der Waals surface area contributed by atoms with E-state index in [2.05, 4.69) is 4.98 Å². The van der Waals surface area contributed by atoms with Crippen molar-refractivity contribution in [3.8, 4) is 11.5 Å². The average Bonchev–Trinajstić information content (AvgIpc) is 2.89. The van der Waals surface area contributed by atoms with Gasteiger partial charge in [0.25, 0.3) is 5.91 Å². The van der Waals surface area contributed by atoms with Gasteiger partial charge in [-0.25, -0.2) is 22.7 Å². The first-order chi connectivity index (χ1) is 17.5. The van der Waals surface area contributed by atoms with Gasteiger partial charge in [-0.05, 0) is 61.1 Å². The number of aliphatic hydroxyl groups excluding tert-OH is 1. The Bertz CT molecular complexity index is 1310. The number of hydroxylamine groups is 1. The van der Waals surface area contributed by atoms with Gasteiger partial charge in [0, 0.05) is 30.5 Å². The van der Waals surface area contributed by atoms with Crippen molar-refractivity contribution >= 4 is 27.5 Å². The van der Waals surface area contributed by atoms with E-state index < -0.39 is 51.0 Å². The van der Waals surface area contributed by atoms with Gasteiger partial charge >= 0.3 is 0 Å². The van der Waals surface area contributed by atoms with Crippen LogP contribution in [0.1, 0.15) is 11.8 Å². The molecule has 1 aromatic heterocycles. The van der Waals surface area contributed by atoms with Crippen LogP contribution < -0.4 is 10.2 Å². The number of nitrogens with zero attached hydrogens (tertiary/aromatic N) is 3. The summed E-state index contributed by atoms with van der Waals surface area (Å²) in [7, 11) is -3.14. The summed E-state index contributed by atoms with van der Waals surface area (Å²) < 4.78 is 61.8. The van der Waals surface area contributed by atoms with Gasteiger partial charge in [-0.3, -0.25) is 19.9 Å². The van der Waals surface area contributed by atoms with Gasteiger partial charge in [-0.2, -0.15) is 4.31 Å². The van der Waals surface area contributed by atoms with Gasteiger partial charge in [0.2, 0.25) is 10.0 Å². The maximum absolute atomic E-state index is 14.8. The second kappa shape index (κ2) is 12.4. The minimum Gasteiger partial charge on any atom is -0.451 e. The van der Waals surface area contributed by atoms with Gasteiger partial charge in [0.1, 0.15) is 12.0 Å². The Labute approximate surface area is 216 Å². The average molecular weight is 557 g/mol. The number of hydrogen-bond acceptors (Lipinski definition) is 8. The van der Waals surface area contributed by atoms with Gasteiger partial charge in [-0.1, -0.05) is 11.6 Å². The van der Waals surface area contributed by atoms with Crippen LogP contribution in [0.25, 0.3) is 0 Å². The molecule has 10 nitrogen and oxygen atoms in total. The topological polar surface area (TPSA) is 132 Å². The molecule has 0 bridgehead atoms. The van der Waals surface area contributed by atoms with Crippen molar-refractivity contribution < 1.29 is 37.0 Å². The molecule has 1 unspecified atom stereocenters. The van der Waals surface area contributed by atoms with Gasteiger partial charge in [-0.15, -0.1) is 0 Å². The zero-order valence-corrected chi connectivity index (χ0v) is 21.0. The molecular formula is C23H23ClF2N4O6S. The molecular weight excluding hydrogens is 534 g/mol. The normalized spacial score (nSPS) is 12.5. The van der Waals surface area contributed by atoms with E-state index in [0.717, 1.165) is 0 Å². The lowest BCUT2D eigenvalue weighted by Gasteiger charge is -2.27. The van der Waals surface area contributed by atoms with E-state index in [1.165, 1.54) is 54.1 Å². The molecule has 2 aromatic carbocycles. The number of pyridine rings is 1. The second-order valence-corrected chi connectivity index (χ2v) is 10.2. The number of aromatic nitrogens is 1. The molecule has 0 fully saturated rings. The lowest BCUT2D eigenvalue weighted by molar-refractivity contribution is -0.129. The molecule has 1 atom stereocenters. The summed E-state index contributed by atoms with van der Waals surface area (Å²) in [5.74, 6) is -4.45. The van der Waals surface area contributed by atoms with Crippen LogP contribution in [-0.4, -0.2) is 65.5 Å². The monoisotopic (exact) mass is 556 g/mol. The van der Waals surface area contributed by atoms with E-state index in [-0.39, 0.29) is 18.8 Å². The Kier molecular flexibility index (Phi) is 9.48. The van der Waals surface area contributed by atoms with Crippen molar-refractivity contribution in [2.75, 3.05) is 26.7 Å². The van der Waals surface area contributed by atoms with Crippen LogP contribution in [0.15, 0.2) is 65.8 Å². The first kappa shape index (κ1) is 28.4. The quantitative estimate of drug-likeness (QED) is 0.187. The maximum atomic E-state index is 14.8. The fourth-order valence-electron chi connectivity index (χ4n) is 3.21. The van der Waals surface area contributed by atoms with Crippen molar-refractivity contribution in [3.05, 3.63) is 83.1 Å². The number of nitrogens with one attached hydrogen (secondary N) is 1. The largest absolute Gasteiger partial charge is 0.451 e. The number of rotatable bonds is 11. The van der Waals surface area contributed by atoms with Crippen molar-refractivity contribution in [3.63, 3.8) is 0 Å². The maximum Gasteiger partial charge on any atom is 0.258 e. The molecule has 37 heavy (non-hydrogen) atoms. The molecule has 1 heterocycles. The number of likely N-dealkylation sites (N-methyl/N-ethyl adjacent to an activating group) is 1. The Morgan fingerprint density at radius 2 is 1.70 bits per heavy atom. The third-order valence-corrected chi connectivity index (χ3v) is 7.29. The first-order valence-corrected chi connectivity index (χ1v) is 12.5. The molecule has 0 aliphatic heterocycles. The molecule has 0 spiro atoms. The highest BCUT2D eigenvalue weighted by molar-refractivity contribution is 7.89. The van der Waals surface area contributed by atoms with E-state index >= 15 is 0 Å². The van der Waals surface area contributed by atoms with E-state index in [9.17, 15) is 27.1 Å². The van der Waals surface area contributed by atoms with Crippen LogP contribution in [0, 0.1) is 11.6 Å². The second-order valence-electron chi connectivity index (χ2n) is 7.78. The highest BCUT2D eigenvalue weighted by Gasteiger charge is 2.30. The zero-order valence-electron chi connectivity index (χ0n) is 19.4. The van der Waals surface area contributed by atoms with Gasteiger partial charge in [0.15, 0.2) is 17.4 Å². The summed E-state index contributed by atoms with van der Waals surface area (Å²) in [6, 6.07) is 9.88. The number of hydrogen-bond donors (Lipinski definition) is 3. The predicted molar refractivity (Wildman–Crippen MR) is 128 cm³/mol. The van der Waals surface area contributed by atoms with Gasteiger partial charge in [0.05, 0.1) is 11.4 Å². The summed E-state index contributed by atoms with van der Waals surface area (Å²) in [5, 5.41) is 19.7. The van der Waals surface area contributed by atoms with Gasteiger partial charge < -0.3 is 9.84 Å². The molecule has 3 aromatic rings. The van der Waals surface area contributed by atoms with E-state index in [1.54, 1.807) is 12.1 Å². The lowest BCUT2D eigenvalue weighted by Crippen LogP contribution is -2.43. The molecule has 0 saturated heterocycles. The van der Waals surface area contributed by atoms with Crippen LogP contribution in [0.5, 0.6) is 11.5 Å². The summed E-state index contributed by atoms with van der Waals surface area (Å²) >= 11 is 5.78. The van der Waals surface area contributed by atoms with Crippen molar-refractivity contribution in [1.29, 1.82) is 0 Å². The molecule has 0 aliphatic carbocycles. The Balaban J connectivity index is 1.84. The number of sulfonamides is 1. The molecule has 1 amide bonds. The third kappa shape index (κ3) is 7.19. The zero-order chi connectivity index (χ0) is 27.2. The summed E-state index contributed by atoms with van der Waals surface area (Å²) in [5.41, 5.74) is 1.81. The summed E-state index contributed by atoms with van der Waals surface area (Å²) in [6.45, 7) is -1.32. The molecule has 3 rings (SSSR count). The van der Waals surface area contributed by atoms with Crippen molar-refractivity contribution in [2.24, 2.45) is 0 Å². The number of benzene rings is 2. The smallest absolute Gasteiger partial charge is 0.258 e. The Hall–Kier alpha value is -3.20. The van der Waals surface area contributed by atoms with Crippen LogP contribution in [0.3, 0.4) is 0 Å². The molecule has 0 aliphatic rings. The summed E-state index contributed by atoms with van der Waals surface area (Å²) in [6.07, 6.45) is 1.81. The Morgan fingerprint density at radius 3 is 2.27 bits per heavy atom. The number of aliphatic hydroxyl groups is 1. The number of amides is 1. The number of ether oxygens (including phenoxy) is 1. The minimum atomic E-state index is -4.64.